The molecule has 1 unspecified atom stereocenters. The molecule has 0 radical (unpaired) electrons. The molecule has 1 atom stereocenters. The third kappa shape index (κ3) is 50.0. The summed E-state index contributed by atoms with van der Waals surface area (Å²) in [6.07, 6.45) is 67.8. The van der Waals surface area contributed by atoms with Gasteiger partial charge in [-0.05, 0) is 77.0 Å². The number of rotatable bonds is 48. The summed E-state index contributed by atoms with van der Waals surface area (Å²) in [6.45, 7) is 7.62. The molecule has 0 amide bonds. The summed E-state index contributed by atoms with van der Waals surface area (Å²) in [5, 5.41) is 0. The highest BCUT2D eigenvalue weighted by atomic mass is 16.6. The summed E-state index contributed by atoms with van der Waals surface area (Å²) in [6, 6.07) is 0. The first kappa shape index (κ1) is 59.3. The Hall–Kier alpha value is -2.66. The van der Waals surface area contributed by atoms with Gasteiger partial charge in [-0.15, -0.1) is 0 Å². The Morgan fingerprint density at radius 3 is 1.26 bits per heavy atom. The lowest BCUT2D eigenvalue weighted by atomic mass is 10.0. The third-order valence-corrected chi connectivity index (χ3v) is 11.2. The number of esters is 2. The van der Waals surface area contributed by atoms with Crippen LogP contribution in [-0.4, -0.2) is 37.9 Å². The fraction of sp³-hybridized carbons (Fsp3) is 0.754. The molecule has 0 N–H and O–H groups in total. The van der Waals surface area contributed by atoms with E-state index < -0.39 is 6.10 Å². The average molecular weight is 865 g/mol. The number of ether oxygens (including phenoxy) is 3. The predicted octanol–water partition coefficient (Wildman–Crippen LogP) is 17.9. The fourth-order valence-electron chi connectivity index (χ4n) is 7.32. The number of hydrogen-bond donors (Lipinski definition) is 0. The lowest BCUT2D eigenvalue weighted by Gasteiger charge is -2.18. The minimum absolute atomic E-state index is 0.0548. The zero-order valence-electron chi connectivity index (χ0n) is 41.1. The molecule has 0 saturated carbocycles. The molecular formula is C57H100O5. The van der Waals surface area contributed by atoms with Gasteiger partial charge in [-0.2, -0.15) is 0 Å². The maximum Gasteiger partial charge on any atom is 0.306 e. The van der Waals surface area contributed by atoms with Crippen molar-refractivity contribution in [2.75, 3.05) is 19.8 Å². The van der Waals surface area contributed by atoms with Crippen LogP contribution < -0.4 is 0 Å². The normalized spacial score (nSPS) is 12.8. The molecule has 0 aromatic carbocycles. The van der Waals surface area contributed by atoms with Crippen molar-refractivity contribution < 1.29 is 23.8 Å². The van der Waals surface area contributed by atoms with Crippen molar-refractivity contribution in [2.24, 2.45) is 0 Å². The summed E-state index contributed by atoms with van der Waals surface area (Å²) in [5.74, 6) is -0.487. The molecule has 0 aromatic heterocycles. The van der Waals surface area contributed by atoms with E-state index in [9.17, 15) is 9.59 Å². The van der Waals surface area contributed by atoms with Crippen molar-refractivity contribution in [1.29, 1.82) is 0 Å². The van der Waals surface area contributed by atoms with Crippen molar-refractivity contribution in [3.63, 3.8) is 0 Å². The van der Waals surface area contributed by atoms with Gasteiger partial charge < -0.3 is 14.2 Å². The minimum atomic E-state index is -0.577. The highest BCUT2D eigenvalue weighted by Crippen LogP contribution is 2.15. The quantitative estimate of drug-likeness (QED) is 0.0346. The molecule has 0 heterocycles. The predicted molar refractivity (Wildman–Crippen MR) is 270 cm³/mol. The van der Waals surface area contributed by atoms with Crippen molar-refractivity contribution >= 4 is 11.9 Å². The molecule has 0 rings (SSSR count). The second-order valence-corrected chi connectivity index (χ2v) is 17.4. The summed E-state index contributed by atoms with van der Waals surface area (Å²) in [7, 11) is 0. The standard InChI is InChI=1S/C57H100O5/c1-4-7-10-13-16-19-22-25-27-28-29-31-34-37-40-43-46-49-52-60-53-55(62-57(59)51-48-45-42-39-36-32-24-21-18-15-12-9-6-3)54-61-56(58)50-47-44-41-38-35-33-30-26-23-20-17-14-11-8-5-2/h9,12,16,18-19,21,25,27,32,36,42,45,55H,4-8,10-11,13-15,17,20,22-24,26,28-31,33-35,37-41,43-44,46-54H2,1-3H3/b12-9-,19-16-,21-18-,27-25-,36-32-,45-42-. The van der Waals surface area contributed by atoms with E-state index in [0.29, 0.717) is 25.9 Å². The van der Waals surface area contributed by atoms with Crippen molar-refractivity contribution in [3.8, 4) is 0 Å². The molecule has 0 aliphatic heterocycles. The van der Waals surface area contributed by atoms with E-state index in [4.69, 9.17) is 14.2 Å². The SMILES string of the molecule is CC/C=C\C/C=C\C/C=C\C/C=C\CCC(=O)OC(COCCCCCCCCCC/C=C\C/C=C\CCCCC)COC(=O)CCCCCCCCCCCCCCCCC. The highest BCUT2D eigenvalue weighted by molar-refractivity contribution is 5.70. The number of carbonyl (C=O) groups is 2. The molecule has 5 nitrogen and oxygen atoms in total. The Kier molecular flexibility index (Phi) is 50.4. The molecule has 0 bridgehead atoms. The molecule has 358 valence electrons. The Morgan fingerprint density at radius 2 is 0.758 bits per heavy atom. The first-order valence-corrected chi connectivity index (χ1v) is 26.5. The van der Waals surface area contributed by atoms with E-state index in [0.717, 1.165) is 57.8 Å². The van der Waals surface area contributed by atoms with Crippen LogP contribution in [0.1, 0.15) is 252 Å². The molecule has 0 spiro atoms. The van der Waals surface area contributed by atoms with Gasteiger partial charge in [0.15, 0.2) is 6.10 Å². The first-order valence-electron chi connectivity index (χ1n) is 26.5. The number of allylic oxidation sites excluding steroid dienone is 12. The van der Waals surface area contributed by atoms with Crippen LogP contribution in [0.2, 0.25) is 0 Å². The average Bonchev–Trinajstić information content (AvgIpc) is 3.27. The zero-order chi connectivity index (χ0) is 44.9. The van der Waals surface area contributed by atoms with Crippen molar-refractivity contribution in [2.45, 2.75) is 258 Å². The van der Waals surface area contributed by atoms with Crippen LogP contribution in [0.15, 0.2) is 72.9 Å². The van der Waals surface area contributed by atoms with E-state index in [1.165, 1.54) is 154 Å². The van der Waals surface area contributed by atoms with Crippen molar-refractivity contribution in [3.05, 3.63) is 72.9 Å². The van der Waals surface area contributed by atoms with Crippen LogP contribution >= 0.6 is 0 Å². The molecule has 0 saturated heterocycles. The highest BCUT2D eigenvalue weighted by Gasteiger charge is 2.17. The summed E-state index contributed by atoms with van der Waals surface area (Å²) < 4.78 is 17.3. The van der Waals surface area contributed by atoms with Crippen LogP contribution in [0.5, 0.6) is 0 Å². The maximum atomic E-state index is 12.8. The Bertz CT molecular complexity index is 1110. The summed E-state index contributed by atoms with van der Waals surface area (Å²) in [5.41, 5.74) is 0. The first-order chi connectivity index (χ1) is 30.6. The van der Waals surface area contributed by atoms with Gasteiger partial charge in [0.1, 0.15) is 6.61 Å². The molecule has 0 aliphatic rings. The van der Waals surface area contributed by atoms with Crippen LogP contribution in [0, 0.1) is 0 Å². The lowest BCUT2D eigenvalue weighted by Crippen LogP contribution is -2.30. The van der Waals surface area contributed by atoms with Gasteiger partial charge in [0, 0.05) is 19.4 Å². The van der Waals surface area contributed by atoms with E-state index in [1.807, 2.05) is 6.08 Å². The summed E-state index contributed by atoms with van der Waals surface area (Å²) >= 11 is 0. The molecular weight excluding hydrogens is 765 g/mol. The molecule has 0 aromatic rings. The zero-order valence-corrected chi connectivity index (χ0v) is 41.1. The van der Waals surface area contributed by atoms with E-state index in [-0.39, 0.29) is 25.2 Å². The van der Waals surface area contributed by atoms with Crippen LogP contribution in [0.25, 0.3) is 0 Å². The maximum absolute atomic E-state index is 12.8. The van der Waals surface area contributed by atoms with Gasteiger partial charge in [0.05, 0.1) is 6.61 Å². The van der Waals surface area contributed by atoms with Crippen LogP contribution in [0.4, 0.5) is 0 Å². The van der Waals surface area contributed by atoms with Crippen LogP contribution in [0.3, 0.4) is 0 Å². The number of carbonyl (C=O) groups excluding carboxylic acids is 2. The van der Waals surface area contributed by atoms with Crippen LogP contribution in [-0.2, 0) is 23.8 Å². The Morgan fingerprint density at radius 1 is 0.371 bits per heavy atom. The van der Waals surface area contributed by atoms with Gasteiger partial charge in [-0.1, -0.05) is 235 Å². The van der Waals surface area contributed by atoms with E-state index >= 15 is 0 Å². The minimum Gasteiger partial charge on any atom is -0.462 e. The third-order valence-electron chi connectivity index (χ3n) is 11.2. The molecule has 62 heavy (non-hydrogen) atoms. The molecule has 0 aliphatic carbocycles. The van der Waals surface area contributed by atoms with Gasteiger partial charge in [0.25, 0.3) is 0 Å². The molecule has 0 fully saturated rings. The molecule has 5 heteroatoms. The van der Waals surface area contributed by atoms with Gasteiger partial charge >= 0.3 is 11.9 Å². The van der Waals surface area contributed by atoms with Gasteiger partial charge in [0.2, 0.25) is 0 Å². The fourth-order valence-corrected chi connectivity index (χ4v) is 7.32. The second-order valence-electron chi connectivity index (χ2n) is 17.4. The number of hydrogen-bond acceptors (Lipinski definition) is 5. The second kappa shape index (κ2) is 52.7. The smallest absolute Gasteiger partial charge is 0.306 e. The van der Waals surface area contributed by atoms with Gasteiger partial charge in [-0.25, -0.2) is 0 Å². The largest absolute Gasteiger partial charge is 0.462 e. The van der Waals surface area contributed by atoms with E-state index in [2.05, 4.69) is 87.6 Å². The lowest BCUT2D eigenvalue weighted by molar-refractivity contribution is -0.162. The topological polar surface area (TPSA) is 61.8 Å². The van der Waals surface area contributed by atoms with E-state index in [1.54, 1.807) is 0 Å². The van der Waals surface area contributed by atoms with Gasteiger partial charge in [-0.3, -0.25) is 9.59 Å². The Balaban J connectivity index is 4.32. The monoisotopic (exact) mass is 865 g/mol. The number of unbranched alkanes of at least 4 members (excludes halogenated alkanes) is 25. The van der Waals surface area contributed by atoms with Crippen molar-refractivity contribution in [1.82, 2.24) is 0 Å². The summed E-state index contributed by atoms with van der Waals surface area (Å²) in [4.78, 5) is 25.4. The Labute approximate surface area is 385 Å².